The zero-order chi connectivity index (χ0) is 26.6. The number of hydrogen-bond donors (Lipinski definition) is 2. The summed E-state index contributed by atoms with van der Waals surface area (Å²) in [5.41, 5.74) is -1.78. The van der Waals surface area contributed by atoms with Crippen LogP contribution in [0.3, 0.4) is 0 Å². The van der Waals surface area contributed by atoms with Crippen molar-refractivity contribution in [2.24, 2.45) is 0 Å². The molecule has 2 atom stereocenters. The second-order valence-corrected chi connectivity index (χ2v) is 12.5. The molecule has 8 nitrogen and oxygen atoms in total. The van der Waals surface area contributed by atoms with Gasteiger partial charge < -0.3 is 28.8 Å². The number of amides is 1. The van der Waals surface area contributed by atoms with Gasteiger partial charge in [-0.3, -0.25) is 9.36 Å². The maximum absolute atomic E-state index is 12.1. The van der Waals surface area contributed by atoms with E-state index in [4.69, 9.17) is 9.05 Å². The van der Waals surface area contributed by atoms with E-state index in [2.05, 4.69) is 12.2 Å². The van der Waals surface area contributed by atoms with Crippen LogP contribution in [0.1, 0.15) is 117 Å². The third-order valence-electron chi connectivity index (χ3n) is 5.93. The number of carbonyl (C=O) groups is 1. The molecule has 35 heavy (non-hydrogen) atoms. The maximum Gasteiger partial charge on any atom is 0.268 e. The lowest BCUT2D eigenvalue weighted by atomic mass is 10.0. The van der Waals surface area contributed by atoms with Crippen LogP contribution >= 0.6 is 7.82 Å². The molecule has 0 aromatic heterocycles. The zero-order valence-corrected chi connectivity index (χ0v) is 24.2. The second-order valence-electron chi connectivity index (χ2n) is 11.1. The van der Waals surface area contributed by atoms with E-state index < -0.39 is 20.2 Å². The Morgan fingerprint density at radius 1 is 0.857 bits per heavy atom. The van der Waals surface area contributed by atoms with Crippen molar-refractivity contribution in [3.63, 3.8) is 0 Å². The summed E-state index contributed by atoms with van der Waals surface area (Å²) < 4.78 is 21.9. The number of quaternary nitrogens is 1. The number of hydrogen-bond acceptors (Lipinski definition) is 6. The molecule has 0 aliphatic rings. The summed E-state index contributed by atoms with van der Waals surface area (Å²) in [5, 5.41) is 12.7. The number of phosphoric ester groups is 1. The van der Waals surface area contributed by atoms with Crippen LogP contribution < -0.4 is 10.2 Å². The summed E-state index contributed by atoms with van der Waals surface area (Å²) >= 11 is 0. The van der Waals surface area contributed by atoms with Crippen molar-refractivity contribution in [3.8, 4) is 0 Å². The van der Waals surface area contributed by atoms with Crippen LogP contribution in [0.15, 0.2) is 0 Å². The van der Waals surface area contributed by atoms with Crippen molar-refractivity contribution in [2.45, 2.75) is 122 Å². The van der Waals surface area contributed by atoms with Crippen molar-refractivity contribution in [1.29, 1.82) is 0 Å². The van der Waals surface area contributed by atoms with Gasteiger partial charge in [0.05, 0.1) is 21.1 Å². The van der Waals surface area contributed by atoms with Gasteiger partial charge in [-0.1, -0.05) is 96.8 Å². The third kappa shape index (κ3) is 25.0. The molecule has 210 valence electrons. The highest BCUT2D eigenvalue weighted by Gasteiger charge is 2.26. The van der Waals surface area contributed by atoms with Crippen LogP contribution in [0.2, 0.25) is 0 Å². The quantitative estimate of drug-likeness (QED) is 0.0773. The first-order valence-corrected chi connectivity index (χ1v) is 15.3. The summed E-state index contributed by atoms with van der Waals surface area (Å²) in [5.74, 6) is -0.319. The molecular formula is C26H55N2O6P. The van der Waals surface area contributed by atoms with Crippen LogP contribution in [0.25, 0.3) is 0 Å². The van der Waals surface area contributed by atoms with Gasteiger partial charge in [0.15, 0.2) is 5.72 Å². The van der Waals surface area contributed by atoms with E-state index in [0.29, 0.717) is 17.4 Å². The molecule has 9 heteroatoms. The first kappa shape index (κ1) is 34.5. The van der Waals surface area contributed by atoms with Gasteiger partial charge >= 0.3 is 0 Å². The Labute approximate surface area is 215 Å². The molecule has 1 amide bonds. The minimum Gasteiger partial charge on any atom is -0.756 e. The smallest absolute Gasteiger partial charge is 0.268 e. The molecule has 0 saturated heterocycles. The van der Waals surface area contributed by atoms with Crippen LogP contribution in [-0.2, 0) is 18.4 Å². The monoisotopic (exact) mass is 522 g/mol. The maximum atomic E-state index is 12.1. The van der Waals surface area contributed by atoms with E-state index in [1.807, 2.05) is 21.1 Å². The number of nitrogens with zero attached hydrogens (tertiary/aromatic N) is 1. The average molecular weight is 523 g/mol. The summed E-state index contributed by atoms with van der Waals surface area (Å²) in [7, 11) is 1.20. The fraction of sp³-hybridized carbons (Fsp3) is 0.962. The number of rotatable bonds is 24. The minimum absolute atomic E-state index is 0.0159. The molecule has 0 aliphatic heterocycles. The Morgan fingerprint density at radius 2 is 1.29 bits per heavy atom. The fourth-order valence-corrected chi connectivity index (χ4v) is 4.51. The molecule has 2 N–H and O–H groups in total. The molecule has 0 rings (SSSR count). The Kier molecular flexibility index (Phi) is 19.3. The zero-order valence-electron chi connectivity index (χ0n) is 23.3. The van der Waals surface area contributed by atoms with E-state index in [9.17, 15) is 19.4 Å². The Bertz CT molecular complexity index is 581. The van der Waals surface area contributed by atoms with Crippen molar-refractivity contribution in [1.82, 2.24) is 5.32 Å². The number of aliphatic hydroxyl groups is 1. The predicted molar refractivity (Wildman–Crippen MR) is 141 cm³/mol. The Morgan fingerprint density at radius 3 is 1.71 bits per heavy atom. The standard InChI is InChI=1S/C26H55N2O6P/c1-6-7-8-9-10-11-12-13-14-15-16-17-18-19-20-21-25(29)27-26(2,30)24-34-35(31,32)33-23-22-28(3,4)5/h30H,6-24H2,1-5H3,(H-,27,29,31,32)/t26-/m0/s1. The predicted octanol–water partition coefficient (Wildman–Crippen LogP) is 5.28. The minimum atomic E-state index is -4.54. The lowest BCUT2D eigenvalue weighted by Gasteiger charge is -2.30. The van der Waals surface area contributed by atoms with E-state index in [-0.39, 0.29) is 12.5 Å². The summed E-state index contributed by atoms with van der Waals surface area (Å²) in [6.07, 6.45) is 19.1. The number of likely N-dealkylation sites (N-methyl/N-ethyl adjacent to an activating group) is 1. The SMILES string of the molecule is CCCCCCCCCCCCCCCCCC(=O)N[C@@](C)(O)COP(=O)([O-])OCC[N+](C)(C)C. The molecule has 0 aromatic carbocycles. The summed E-state index contributed by atoms with van der Waals surface area (Å²) in [4.78, 5) is 23.9. The van der Waals surface area contributed by atoms with Crippen LogP contribution in [0.4, 0.5) is 0 Å². The van der Waals surface area contributed by atoms with Crippen molar-refractivity contribution in [2.75, 3.05) is 40.9 Å². The lowest BCUT2D eigenvalue weighted by molar-refractivity contribution is -0.870. The van der Waals surface area contributed by atoms with Gasteiger partial charge in [0.1, 0.15) is 19.8 Å². The number of carbonyl (C=O) groups excluding carboxylic acids is 1. The van der Waals surface area contributed by atoms with Gasteiger partial charge in [0, 0.05) is 6.42 Å². The highest BCUT2D eigenvalue weighted by atomic mass is 31.2. The average Bonchev–Trinajstić information content (AvgIpc) is 2.74. The van der Waals surface area contributed by atoms with E-state index in [1.54, 1.807) is 0 Å². The van der Waals surface area contributed by atoms with Crippen LogP contribution in [0, 0.1) is 0 Å². The molecule has 0 bridgehead atoms. The van der Waals surface area contributed by atoms with Gasteiger partial charge in [-0.25, -0.2) is 0 Å². The van der Waals surface area contributed by atoms with Gasteiger partial charge in [0.2, 0.25) is 5.91 Å². The van der Waals surface area contributed by atoms with Gasteiger partial charge in [-0.05, 0) is 13.3 Å². The normalized spacial score (nSPS) is 15.5. The Hall–Kier alpha value is -0.500. The second kappa shape index (κ2) is 19.6. The third-order valence-corrected chi connectivity index (χ3v) is 6.88. The molecule has 0 saturated carbocycles. The van der Waals surface area contributed by atoms with E-state index in [1.165, 1.54) is 84.0 Å². The van der Waals surface area contributed by atoms with E-state index >= 15 is 0 Å². The molecule has 0 aliphatic carbocycles. The Balaban J connectivity index is 3.70. The fourth-order valence-electron chi connectivity index (χ4n) is 3.72. The summed E-state index contributed by atoms with van der Waals surface area (Å²) in [6.45, 7) is 3.44. The molecule has 1 unspecified atom stereocenters. The highest BCUT2D eigenvalue weighted by Crippen LogP contribution is 2.38. The molecule has 0 aromatic rings. The summed E-state index contributed by atoms with van der Waals surface area (Å²) in [6, 6.07) is 0. The van der Waals surface area contributed by atoms with Crippen molar-refractivity contribution < 1.29 is 32.9 Å². The molecular weight excluding hydrogens is 467 g/mol. The first-order valence-electron chi connectivity index (χ1n) is 13.8. The topological polar surface area (TPSA) is 108 Å². The van der Waals surface area contributed by atoms with Crippen molar-refractivity contribution in [3.05, 3.63) is 0 Å². The van der Waals surface area contributed by atoms with Gasteiger partial charge in [0.25, 0.3) is 7.82 Å². The first-order chi connectivity index (χ1) is 16.4. The number of nitrogens with one attached hydrogen (secondary N) is 1. The highest BCUT2D eigenvalue weighted by molar-refractivity contribution is 7.45. The molecule has 0 spiro atoms. The number of unbranched alkanes of at least 4 members (excludes halogenated alkanes) is 14. The van der Waals surface area contributed by atoms with E-state index in [0.717, 1.165) is 19.3 Å². The molecule has 0 heterocycles. The van der Waals surface area contributed by atoms with Crippen LogP contribution in [0.5, 0.6) is 0 Å². The number of phosphoric acid groups is 1. The van der Waals surface area contributed by atoms with Crippen LogP contribution in [-0.4, -0.2) is 62.1 Å². The van der Waals surface area contributed by atoms with Gasteiger partial charge in [-0.15, -0.1) is 0 Å². The van der Waals surface area contributed by atoms with Crippen molar-refractivity contribution >= 4 is 13.7 Å². The molecule has 0 fully saturated rings. The molecule has 0 radical (unpaired) electrons. The largest absolute Gasteiger partial charge is 0.756 e. The lowest BCUT2D eigenvalue weighted by Crippen LogP contribution is -2.49. The van der Waals surface area contributed by atoms with Gasteiger partial charge in [-0.2, -0.15) is 0 Å².